The Morgan fingerprint density at radius 1 is 1.33 bits per heavy atom. The van der Waals surface area contributed by atoms with Gasteiger partial charge in [0.25, 0.3) is 0 Å². The standard InChI is InChI=1S/C12H19FN2/c1-10-5-6-11(9-12(10)13)14-7-4-8-15(2)3/h5-6,9,14H,4,7-8H2,1-3H3. The first kappa shape index (κ1) is 12.0. The minimum atomic E-state index is -0.146. The molecule has 0 aliphatic rings. The number of nitrogens with one attached hydrogen (secondary N) is 1. The largest absolute Gasteiger partial charge is 0.385 e. The maximum absolute atomic E-state index is 13.2. The van der Waals surface area contributed by atoms with Gasteiger partial charge >= 0.3 is 0 Å². The first-order chi connectivity index (χ1) is 7.09. The lowest BCUT2D eigenvalue weighted by atomic mass is 10.2. The minimum Gasteiger partial charge on any atom is -0.385 e. The average Bonchev–Trinajstić information content (AvgIpc) is 2.18. The number of rotatable bonds is 5. The van der Waals surface area contributed by atoms with Crippen LogP contribution in [-0.4, -0.2) is 32.1 Å². The van der Waals surface area contributed by atoms with Crippen molar-refractivity contribution in [2.75, 3.05) is 32.5 Å². The maximum atomic E-state index is 13.2. The number of hydrogen-bond acceptors (Lipinski definition) is 2. The summed E-state index contributed by atoms with van der Waals surface area (Å²) in [6.45, 7) is 3.69. The summed E-state index contributed by atoms with van der Waals surface area (Å²) < 4.78 is 13.2. The topological polar surface area (TPSA) is 15.3 Å². The molecule has 15 heavy (non-hydrogen) atoms. The van der Waals surface area contributed by atoms with Gasteiger partial charge in [-0.05, 0) is 51.7 Å². The lowest BCUT2D eigenvalue weighted by Gasteiger charge is -2.10. The Labute approximate surface area is 91.1 Å². The van der Waals surface area contributed by atoms with Crippen molar-refractivity contribution in [3.05, 3.63) is 29.6 Å². The molecule has 0 radical (unpaired) electrons. The summed E-state index contributed by atoms with van der Waals surface area (Å²) in [6, 6.07) is 5.25. The summed E-state index contributed by atoms with van der Waals surface area (Å²) in [5.41, 5.74) is 1.55. The quantitative estimate of drug-likeness (QED) is 0.751. The predicted octanol–water partition coefficient (Wildman–Crippen LogP) is 2.50. The second-order valence-corrected chi connectivity index (χ2v) is 4.05. The fourth-order valence-corrected chi connectivity index (χ4v) is 1.33. The zero-order valence-electron chi connectivity index (χ0n) is 9.68. The van der Waals surface area contributed by atoms with Crippen LogP contribution in [-0.2, 0) is 0 Å². The average molecular weight is 210 g/mol. The van der Waals surface area contributed by atoms with Gasteiger partial charge in [0.2, 0.25) is 0 Å². The molecule has 0 atom stereocenters. The van der Waals surface area contributed by atoms with Crippen LogP contribution in [0.3, 0.4) is 0 Å². The minimum absolute atomic E-state index is 0.146. The lowest BCUT2D eigenvalue weighted by molar-refractivity contribution is 0.405. The van der Waals surface area contributed by atoms with Gasteiger partial charge in [0, 0.05) is 12.2 Å². The molecule has 3 heteroatoms. The van der Waals surface area contributed by atoms with Crippen molar-refractivity contribution in [2.24, 2.45) is 0 Å². The molecular formula is C12H19FN2. The van der Waals surface area contributed by atoms with Gasteiger partial charge in [-0.2, -0.15) is 0 Å². The molecular weight excluding hydrogens is 191 g/mol. The van der Waals surface area contributed by atoms with E-state index in [1.54, 1.807) is 19.1 Å². The highest BCUT2D eigenvalue weighted by molar-refractivity contribution is 5.44. The van der Waals surface area contributed by atoms with E-state index in [9.17, 15) is 4.39 Å². The summed E-state index contributed by atoms with van der Waals surface area (Å²) in [7, 11) is 4.09. The number of hydrogen-bond donors (Lipinski definition) is 1. The third-order valence-electron chi connectivity index (χ3n) is 2.28. The number of nitrogens with zero attached hydrogens (tertiary/aromatic N) is 1. The third kappa shape index (κ3) is 4.30. The molecule has 84 valence electrons. The Balaban J connectivity index is 2.35. The van der Waals surface area contributed by atoms with Gasteiger partial charge in [-0.1, -0.05) is 6.07 Å². The summed E-state index contributed by atoms with van der Waals surface area (Å²) in [4.78, 5) is 2.14. The molecule has 1 N–H and O–H groups in total. The monoisotopic (exact) mass is 210 g/mol. The highest BCUT2D eigenvalue weighted by Crippen LogP contribution is 2.13. The molecule has 0 bridgehead atoms. The summed E-state index contributed by atoms with van der Waals surface area (Å²) in [5.74, 6) is -0.146. The number of anilines is 1. The first-order valence-corrected chi connectivity index (χ1v) is 5.24. The van der Waals surface area contributed by atoms with Crippen LogP contribution in [0, 0.1) is 12.7 Å². The van der Waals surface area contributed by atoms with E-state index in [4.69, 9.17) is 0 Å². The Morgan fingerprint density at radius 3 is 2.67 bits per heavy atom. The van der Waals surface area contributed by atoms with Crippen LogP contribution in [0.2, 0.25) is 0 Å². The van der Waals surface area contributed by atoms with Crippen molar-refractivity contribution in [3.8, 4) is 0 Å². The Kier molecular flexibility index (Phi) is 4.56. The molecule has 1 rings (SSSR count). The van der Waals surface area contributed by atoms with Crippen LogP contribution in [0.1, 0.15) is 12.0 Å². The molecule has 0 aliphatic heterocycles. The fourth-order valence-electron chi connectivity index (χ4n) is 1.33. The van der Waals surface area contributed by atoms with Crippen LogP contribution >= 0.6 is 0 Å². The molecule has 0 saturated heterocycles. The van der Waals surface area contributed by atoms with E-state index >= 15 is 0 Å². The summed E-state index contributed by atoms with van der Waals surface area (Å²) >= 11 is 0. The summed E-state index contributed by atoms with van der Waals surface area (Å²) in [6.07, 6.45) is 1.06. The van der Waals surface area contributed by atoms with E-state index in [0.717, 1.165) is 25.2 Å². The second kappa shape index (κ2) is 5.71. The van der Waals surface area contributed by atoms with E-state index in [0.29, 0.717) is 5.56 Å². The SMILES string of the molecule is Cc1ccc(NCCCN(C)C)cc1F. The molecule has 0 fully saturated rings. The van der Waals surface area contributed by atoms with Crippen LogP contribution < -0.4 is 5.32 Å². The number of benzene rings is 1. The van der Waals surface area contributed by atoms with Gasteiger partial charge in [-0.25, -0.2) is 4.39 Å². The van der Waals surface area contributed by atoms with E-state index < -0.39 is 0 Å². The first-order valence-electron chi connectivity index (χ1n) is 5.24. The molecule has 2 nitrogen and oxygen atoms in total. The van der Waals surface area contributed by atoms with Gasteiger partial charge in [-0.3, -0.25) is 0 Å². The predicted molar refractivity (Wildman–Crippen MR) is 62.8 cm³/mol. The Morgan fingerprint density at radius 2 is 2.07 bits per heavy atom. The normalized spacial score (nSPS) is 10.7. The van der Waals surface area contributed by atoms with E-state index in [1.807, 2.05) is 20.2 Å². The second-order valence-electron chi connectivity index (χ2n) is 4.05. The van der Waals surface area contributed by atoms with Crippen molar-refractivity contribution in [2.45, 2.75) is 13.3 Å². The molecule has 1 aromatic rings. The smallest absolute Gasteiger partial charge is 0.128 e. The fraction of sp³-hybridized carbons (Fsp3) is 0.500. The van der Waals surface area contributed by atoms with Crippen LogP contribution in [0.5, 0.6) is 0 Å². The van der Waals surface area contributed by atoms with E-state index in [2.05, 4.69) is 10.2 Å². The van der Waals surface area contributed by atoms with Gasteiger partial charge in [0.1, 0.15) is 5.82 Å². The van der Waals surface area contributed by atoms with Crippen LogP contribution in [0.25, 0.3) is 0 Å². The van der Waals surface area contributed by atoms with Crippen molar-refractivity contribution in [1.82, 2.24) is 4.90 Å². The number of aryl methyl sites for hydroxylation is 1. The van der Waals surface area contributed by atoms with Crippen molar-refractivity contribution in [1.29, 1.82) is 0 Å². The van der Waals surface area contributed by atoms with Crippen molar-refractivity contribution in [3.63, 3.8) is 0 Å². The van der Waals surface area contributed by atoms with Crippen molar-refractivity contribution >= 4 is 5.69 Å². The number of halogens is 1. The van der Waals surface area contributed by atoms with Crippen molar-refractivity contribution < 1.29 is 4.39 Å². The lowest BCUT2D eigenvalue weighted by Crippen LogP contribution is -2.16. The molecule has 0 spiro atoms. The molecule has 0 aromatic heterocycles. The van der Waals surface area contributed by atoms with E-state index in [-0.39, 0.29) is 5.82 Å². The van der Waals surface area contributed by atoms with Gasteiger partial charge in [0.05, 0.1) is 0 Å². The Bertz CT molecular complexity index is 310. The highest BCUT2D eigenvalue weighted by atomic mass is 19.1. The summed E-state index contributed by atoms with van der Waals surface area (Å²) in [5, 5.41) is 3.20. The third-order valence-corrected chi connectivity index (χ3v) is 2.28. The zero-order valence-corrected chi connectivity index (χ0v) is 9.68. The van der Waals surface area contributed by atoms with Gasteiger partial charge in [0.15, 0.2) is 0 Å². The molecule has 0 saturated carbocycles. The molecule has 0 unspecified atom stereocenters. The van der Waals surface area contributed by atoms with Gasteiger partial charge < -0.3 is 10.2 Å². The zero-order chi connectivity index (χ0) is 11.3. The molecule has 0 heterocycles. The molecule has 0 amide bonds. The van der Waals surface area contributed by atoms with E-state index in [1.165, 1.54) is 0 Å². The maximum Gasteiger partial charge on any atom is 0.128 e. The Hall–Kier alpha value is -1.09. The van der Waals surface area contributed by atoms with Crippen LogP contribution in [0.4, 0.5) is 10.1 Å². The highest BCUT2D eigenvalue weighted by Gasteiger charge is 1.98. The molecule has 1 aromatic carbocycles. The molecule has 0 aliphatic carbocycles. The van der Waals surface area contributed by atoms with Gasteiger partial charge in [-0.15, -0.1) is 0 Å². The van der Waals surface area contributed by atoms with Crippen LogP contribution in [0.15, 0.2) is 18.2 Å².